The van der Waals surface area contributed by atoms with Gasteiger partial charge in [0.2, 0.25) is 5.91 Å². The van der Waals surface area contributed by atoms with E-state index in [-0.39, 0.29) is 12.4 Å². The first-order valence-electron chi connectivity index (χ1n) is 8.31. The second-order valence-electron chi connectivity index (χ2n) is 5.92. The van der Waals surface area contributed by atoms with E-state index in [4.69, 9.17) is 10.5 Å². The Kier molecular flexibility index (Phi) is 5.64. The van der Waals surface area contributed by atoms with Gasteiger partial charge in [0, 0.05) is 28.4 Å². The number of hydrogen-bond acceptors (Lipinski definition) is 3. The Bertz CT molecular complexity index is 1020. The van der Waals surface area contributed by atoms with E-state index in [0.29, 0.717) is 22.4 Å². The fourth-order valence-corrected chi connectivity index (χ4v) is 2.53. The summed E-state index contributed by atoms with van der Waals surface area (Å²) in [4.78, 5) is 23.7. The number of rotatable bonds is 6. The first kappa shape index (κ1) is 19.0. The van der Waals surface area contributed by atoms with Crippen molar-refractivity contribution in [2.24, 2.45) is 5.73 Å². The molecule has 28 heavy (non-hydrogen) atoms. The molecule has 0 heterocycles. The van der Waals surface area contributed by atoms with Crippen molar-refractivity contribution in [3.05, 3.63) is 95.1 Å². The second kappa shape index (κ2) is 8.30. The van der Waals surface area contributed by atoms with Gasteiger partial charge in [-0.25, -0.2) is 8.78 Å². The lowest BCUT2D eigenvalue weighted by atomic mass is 10.1. The summed E-state index contributed by atoms with van der Waals surface area (Å²) in [5.74, 6) is -2.60. The third kappa shape index (κ3) is 4.50. The van der Waals surface area contributed by atoms with Gasteiger partial charge in [-0.05, 0) is 42.5 Å². The van der Waals surface area contributed by atoms with Gasteiger partial charge in [0.05, 0.1) is 0 Å². The Balaban J connectivity index is 1.73. The number of ether oxygens (including phenoxy) is 1. The number of amides is 2. The predicted octanol–water partition coefficient (Wildman–Crippen LogP) is 3.90. The molecule has 0 radical (unpaired) electrons. The molecule has 0 aliphatic rings. The Labute approximate surface area is 159 Å². The monoisotopic (exact) mass is 382 g/mol. The molecule has 0 saturated heterocycles. The van der Waals surface area contributed by atoms with Crippen LogP contribution < -0.4 is 15.8 Å². The number of carbonyl (C=O) groups is 2. The second-order valence-corrected chi connectivity index (χ2v) is 5.92. The molecule has 0 aromatic heterocycles. The fraction of sp³-hybridized carbons (Fsp3) is 0.0476. The summed E-state index contributed by atoms with van der Waals surface area (Å²) < 4.78 is 32.1. The lowest BCUT2D eigenvalue weighted by Gasteiger charge is -2.12. The Morgan fingerprint density at radius 3 is 2.36 bits per heavy atom. The van der Waals surface area contributed by atoms with Gasteiger partial charge in [0.15, 0.2) is 11.6 Å². The summed E-state index contributed by atoms with van der Waals surface area (Å²) in [6.45, 7) is -0.0766. The summed E-state index contributed by atoms with van der Waals surface area (Å²) in [7, 11) is 0. The van der Waals surface area contributed by atoms with Gasteiger partial charge in [-0.15, -0.1) is 0 Å². The van der Waals surface area contributed by atoms with E-state index in [2.05, 4.69) is 5.32 Å². The summed E-state index contributed by atoms with van der Waals surface area (Å²) in [5, 5.41) is 2.71. The number of nitrogens with two attached hydrogens (primary N) is 1. The SMILES string of the molecule is NC(=O)c1ccc(NC(=O)c2ccccc2COc2ccc(F)cc2F)cc1. The van der Waals surface area contributed by atoms with Crippen LogP contribution in [-0.2, 0) is 6.61 Å². The van der Waals surface area contributed by atoms with Crippen molar-refractivity contribution in [1.82, 2.24) is 0 Å². The summed E-state index contributed by atoms with van der Waals surface area (Å²) >= 11 is 0. The van der Waals surface area contributed by atoms with Crippen LogP contribution >= 0.6 is 0 Å². The fourth-order valence-electron chi connectivity index (χ4n) is 2.53. The zero-order valence-electron chi connectivity index (χ0n) is 14.6. The molecule has 0 saturated carbocycles. The molecular formula is C21H16F2N2O3. The molecule has 3 aromatic carbocycles. The van der Waals surface area contributed by atoms with E-state index in [1.54, 1.807) is 36.4 Å². The minimum Gasteiger partial charge on any atom is -0.486 e. The molecule has 0 bridgehead atoms. The van der Waals surface area contributed by atoms with E-state index in [0.717, 1.165) is 12.1 Å². The van der Waals surface area contributed by atoms with Crippen LogP contribution in [0.2, 0.25) is 0 Å². The van der Waals surface area contributed by atoms with Gasteiger partial charge >= 0.3 is 0 Å². The van der Waals surface area contributed by atoms with Gasteiger partial charge in [-0.2, -0.15) is 0 Å². The van der Waals surface area contributed by atoms with Crippen LogP contribution in [0, 0.1) is 11.6 Å². The number of primary amides is 1. The van der Waals surface area contributed by atoms with Crippen molar-refractivity contribution in [3.8, 4) is 5.75 Å². The van der Waals surface area contributed by atoms with Gasteiger partial charge in [-0.3, -0.25) is 9.59 Å². The molecule has 3 N–H and O–H groups in total. The zero-order valence-corrected chi connectivity index (χ0v) is 14.6. The molecule has 0 atom stereocenters. The summed E-state index contributed by atoms with van der Waals surface area (Å²) in [6.07, 6.45) is 0. The Morgan fingerprint density at radius 2 is 1.68 bits per heavy atom. The topological polar surface area (TPSA) is 81.4 Å². The number of anilines is 1. The minimum absolute atomic E-state index is 0.0766. The number of hydrogen-bond donors (Lipinski definition) is 2. The largest absolute Gasteiger partial charge is 0.486 e. The molecule has 5 nitrogen and oxygen atoms in total. The summed E-state index contributed by atoms with van der Waals surface area (Å²) in [5.41, 5.74) is 6.86. The average molecular weight is 382 g/mol. The maximum Gasteiger partial charge on any atom is 0.256 e. The van der Waals surface area contributed by atoms with Gasteiger partial charge in [0.1, 0.15) is 12.4 Å². The van der Waals surface area contributed by atoms with E-state index in [9.17, 15) is 18.4 Å². The van der Waals surface area contributed by atoms with Crippen molar-refractivity contribution in [2.45, 2.75) is 6.61 Å². The summed E-state index contributed by atoms with van der Waals surface area (Å²) in [6, 6.07) is 15.8. The highest BCUT2D eigenvalue weighted by atomic mass is 19.1. The predicted molar refractivity (Wildman–Crippen MR) is 100 cm³/mol. The van der Waals surface area contributed by atoms with Crippen molar-refractivity contribution < 1.29 is 23.1 Å². The van der Waals surface area contributed by atoms with Crippen molar-refractivity contribution in [3.63, 3.8) is 0 Å². The smallest absolute Gasteiger partial charge is 0.256 e. The zero-order chi connectivity index (χ0) is 20.1. The molecule has 0 aliphatic carbocycles. The number of carbonyl (C=O) groups excluding carboxylic acids is 2. The third-order valence-electron chi connectivity index (χ3n) is 3.97. The molecular weight excluding hydrogens is 366 g/mol. The maximum absolute atomic E-state index is 13.7. The van der Waals surface area contributed by atoms with E-state index in [1.807, 2.05) is 0 Å². The van der Waals surface area contributed by atoms with Crippen molar-refractivity contribution in [1.29, 1.82) is 0 Å². The molecule has 3 aromatic rings. The molecule has 7 heteroatoms. The lowest BCUT2D eigenvalue weighted by molar-refractivity contribution is 0.0998. The van der Waals surface area contributed by atoms with Crippen LogP contribution in [-0.4, -0.2) is 11.8 Å². The van der Waals surface area contributed by atoms with Crippen LogP contribution in [0.5, 0.6) is 5.75 Å². The lowest BCUT2D eigenvalue weighted by Crippen LogP contribution is -2.16. The van der Waals surface area contributed by atoms with E-state index >= 15 is 0 Å². The van der Waals surface area contributed by atoms with Gasteiger partial charge in [0.25, 0.3) is 5.91 Å². The van der Waals surface area contributed by atoms with Crippen LogP contribution in [0.1, 0.15) is 26.3 Å². The van der Waals surface area contributed by atoms with Crippen LogP contribution in [0.3, 0.4) is 0 Å². The third-order valence-corrected chi connectivity index (χ3v) is 3.97. The normalized spacial score (nSPS) is 10.4. The highest BCUT2D eigenvalue weighted by Gasteiger charge is 2.13. The molecule has 0 unspecified atom stereocenters. The minimum atomic E-state index is -0.823. The molecule has 0 aliphatic heterocycles. The van der Waals surface area contributed by atoms with Crippen molar-refractivity contribution >= 4 is 17.5 Å². The molecule has 0 spiro atoms. The van der Waals surface area contributed by atoms with Gasteiger partial charge in [-0.1, -0.05) is 18.2 Å². The highest BCUT2D eigenvalue weighted by Crippen LogP contribution is 2.21. The van der Waals surface area contributed by atoms with Crippen LogP contribution in [0.15, 0.2) is 66.7 Å². The number of halogens is 2. The maximum atomic E-state index is 13.7. The highest BCUT2D eigenvalue weighted by molar-refractivity contribution is 6.05. The van der Waals surface area contributed by atoms with Crippen LogP contribution in [0.4, 0.5) is 14.5 Å². The standard InChI is InChI=1S/C21H16F2N2O3/c22-15-7-10-19(18(23)11-15)28-12-14-3-1-2-4-17(14)21(27)25-16-8-5-13(6-9-16)20(24)26/h1-11H,12H2,(H2,24,26)(H,25,27). The quantitative estimate of drug-likeness (QED) is 0.679. The first-order chi connectivity index (χ1) is 13.4. The van der Waals surface area contributed by atoms with Crippen molar-refractivity contribution in [2.75, 3.05) is 5.32 Å². The van der Waals surface area contributed by atoms with Gasteiger partial charge < -0.3 is 15.8 Å². The van der Waals surface area contributed by atoms with Crippen LogP contribution in [0.25, 0.3) is 0 Å². The van der Waals surface area contributed by atoms with E-state index in [1.165, 1.54) is 18.2 Å². The molecule has 2 amide bonds. The number of nitrogens with one attached hydrogen (secondary N) is 1. The first-order valence-corrected chi connectivity index (χ1v) is 8.31. The average Bonchev–Trinajstić information content (AvgIpc) is 2.68. The molecule has 142 valence electrons. The number of benzene rings is 3. The Morgan fingerprint density at radius 1 is 0.964 bits per heavy atom. The van der Waals surface area contributed by atoms with E-state index < -0.39 is 23.4 Å². The Hall–Kier alpha value is -3.74. The molecule has 0 fully saturated rings. The molecule has 3 rings (SSSR count).